The van der Waals surface area contributed by atoms with E-state index < -0.39 is 17.7 Å². The molecule has 0 N–H and O–H groups in total. The van der Waals surface area contributed by atoms with E-state index in [1.165, 1.54) is 18.2 Å². The van der Waals surface area contributed by atoms with Gasteiger partial charge in [-0.25, -0.2) is 4.79 Å². The normalized spacial score (nSPS) is 12.6. The van der Waals surface area contributed by atoms with E-state index in [0.717, 1.165) is 12.1 Å². The van der Waals surface area contributed by atoms with Crippen LogP contribution < -0.4 is 9.47 Å². The molecule has 1 unspecified atom stereocenters. The van der Waals surface area contributed by atoms with Crippen LogP contribution in [0.3, 0.4) is 0 Å². The van der Waals surface area contributed by atoms with E-state index >= 15 is 0 Å². The van der Waals surface area contributed by atoms with E-state index in [1.54, 1.807) is 44.2 Å². The van der Waals surface area contributed by atoms with Crippen molar-refractivity contribution >= 4 is 5.97 Å². The summed E-state index contributed by atoms with van der Waals surface area (Å²) in [7, 11) is 0. The lowest BCUT2D eigenvalue weighted by Crippen LogP contribution is -2.09. The molecule has 0 saturated heterocycles. The molecule has 1 atom stereocenters. The molecule has 0 spiro atoms. The van der Waals surface area contributed by atoms with Crippen LogP contribution in [0.5, 0.6) is 17.2 Å². The molecule has 0 aliphatic heterocycles. The fourth-order valence-corrected chi connectivity index (χ4v) is 2.09. The maximum absolute atomic E-state index is 12.5. The summed E-state index contributed by atoms with van der Waals surface area (Å²) < 4.78 is 53.6. The first-order chi connectivity index (χ1) is 12.8. The van der Waals surface area contributed by atoms with Crippen LogP contribution >= 0.6 is 0 Å². The van der Waals surface area contributed by atoms with Crippen LogP contribution in [-0.4, -0.2) is 18.7 Å². The predicted octanol–water partition coefficient (Wildman–Crippen LogP) is 5.38. The number of hydrogen-bond donors (Lipinski definition) is 0. The maximum atomic E-state index is 12.5. The van der Waals surface area contributed by atoms with Gasteiger partial charge in [0, 0.05) is 6.08 Å². The van der Waals surface area contributed by atoms with Crippen LogP contribution in [0.15, 0.2) is 60.7 Å². The van der Waals surface area contributed by atoms with Crippen LogP contribution in [0.4, 0.5) is 13.2 Å². The van der Waals surface area contributed by atoms with Gasteiger partial charge in [-0.3, -0.25) is 0 Å². The van der Waals surface area contributed by atoms with E-state index in [-0.39, 0.29) is 6.10 Å². The first-order valence-corrected chi connectivity index (χ1v) is 8.24. The Hall–Kier alpha value is -2.96. The second-order valence-electron chi connectivity index (χ2n) is 5.53. The Bertz CT molecular complexity index is 765. The van der Waals surface area contributed by atoms with Gasteiger partial charge >= 0.3 is 12.1 Å². The molecule has 0 heterocycles. The van der Waals surface area contributed by atoms with Gasteiger partial charge in [0.2, 0.25) is 0 Å². The Balaban J connectivity index is 1.92. The van der Waals surface area contributed by atoms with E-state index in [2.05, 4.69) is 0 Å². The van der Waals surface area contributed by atoms with Crippen molar-refractivity contribution in [2.24, 2.45) is 0 Å². The minimum Gasteiger partial charge on any atom is -0.487 e. The minimum absolute atomic E-state index is 0.294. The van der Waals surface area contributed by atoms with Gasteiger partial charge in [0.25, 0.3) is 0 Å². The molecule has 0 saturated carbocycles. The third kappa shape index (κ3) is 6.69. The maximum Gasteiger partial charge on any atom is 0.416 e. The highest BCUT2D eigenvalue weighted by Gasteiger charge is 2.30. The largest absolute Gasteiger partial charge is 0.487 e. The standard InChI is InChI=1S/C20H19F3O4/c1-3-25-19(24)13-4-14(2)26-16-9-11-18(12-10-16)27-17-7-5-15(6-8-17)20(21,22)23/h4-14H,3H2,1-2H3/b13-4+. The molecule has 144 valence electrons. The van der Waals surface area contributed by atoms with Crippen LogP contribution in [0.25, 0.3) is 0 Å². The van der Waals surface area contributed by atoms with Gasteiger partial charge < -0.3 is 14.2 Å². The SMILES string of the molecule is CCOC(=O)/C=C/C(C)Oc1ccc(Oc2ccc(C(F)(F)F)cc2)cc1. The molecule has 0 aromatic heterocycles. The predicted molar refractivity (Wildman–Crippen MR) is 93.8 cm³/mol. The molecule has 0 fully saturated rings. The summed E-state index contributed by atoms with van der Waals surface area (Å²) in [6.07, 6.45) is -1.85. The van der Waals surface area contributed by atoms with E-state index in [9.17, 15) is 18.0 Å². The molecule has 0 aliphatic rings. The summed E-state index contributed by atoms with van der Waals surface area (Å²) in [6, 6.07) is 11.0. The van der Waals surface area contributed by atoms with Crippen molar-refractivity contribution in [1.82, 2.24) is 0 Å². The Labute approximate surface area is 155 Å². The Morgan fingerprint density at radius 3 is 2.04 bits per heavy atom. The minimum atomic E-state index is -4.38. The van der Waals surface area contributed by atoms with Crippen molar-refractivity contribution in [3.05, 3.63) is 66.2 Å². The van der Waals surface area contributed by atoms with Gasteiger partial charge in [0.05, 0.1) is 12.2 Å². The highest BCUT2D eigenvalue weighted by Crippen LogP contribution is 2.31. The second kappa shape index (κ2) is 9.12. The smallest absolute Gasteiger partial charge is 0.416 e. The van der Waals surface area contributed by atoms with Crippen molar-refractivity contribution in [3.63, 3.8) is 0 Å². The van der Waals surface area contributed by atoms with Crippen molar-refractivity contribution in [2.75, 3.05) is 6.61 Å². The van der Waals surface area contributed by atoms with Crippen molar-refractivity contribution in [1.29, 1.82) is 0 Å². The number of hydrogen-bond acceptors (Lipinski definition) is 4. The lowest BCUT2D eigenvalue weighted by atomic mass is 10.2. The second-order valence-corrected chi connectivity index (χ2v) is 5.53. The zero-order chi connectivity index (χ0) is 19.9. The zero-order valence-electron chi connectivity index (χ0n) is 14.8. The van der Waals surface area contributed by atoms with Crippen LogP contribution in [0.2, 0.25) is 0 Å². The third-order valence-corrected chi connectivity index (χ3v) is 3.35. The molecular formula is C20H19F3O4. The topological polar surface area (TPSA) is 44.8 Å². The first kappa shape index (κ1) is 20.4. The molecule has 0 aliphatic carbocycles. The van der Waals surface area contributed by atoms with E-state index in [1.807, 2.05) is 0 Å². The molecule has 2 aromatic rings. The molecule has 0 radical (unpaired) electrons. The van der Waals surface area contributed by atoms with E-state index in [4.69, 9.17) is 14.2 Å². The number of ether oxygens (including phenoxy) is 3. The number of carbonyl (C=O) groups excluding carboxylic acids is 1. The molecular weight excluding hydrogens is 361 g/mol. The number of alkyl halides is 3. The lowest BCUT2D eigenvalue weighted by molar-refractivity contribution is -0.138. The van der Waals surface area contributed by atoms with Crippen molar-refractivity contribution in [3.8, 4) is 17.2 Å². The Kier molecular flexibility index (Phi) is 6.87. The molecule has 0 bridgehead atoms. The zero-order valence-corrected chi connectivity index (χ0v) is 14.8. The molecule has 4 nitrogen and oxygen atoms in total. The average Bonchev–Trinajstić information content (AvgIpc) is 2.62. The highest BCUT2D eigenvalue weighted by molar-refractivity contribution is 5.81. The van der Waals surface area contributed by atoms with Gasteiger partial charge in [-0.2, -0.15) is 13.2 Å². The summed E-state index contributed by atoms with van der Waals surface area (Å²) >= 11 is 0. The summed E-state index contributed by atoms with van der Waals surface area (Å²) in [4.78, 5) is 11.3. The molecule has 0 amide bonds. The number of esters is 1. The van der Waals surface area contributed by atoms with Gasteiger partial charge in [0.1, 0.15) is 23.4 Å². The van der Waals surface area contributed by atoms with Gasteiger partial charge in [-0.15, -0.1) is 0 Å². The van der Waals surface area contributed by atoms with Gasteiger partial charge in [-0.05, 0) is 68.5 Å². The van der Waals surface area contributed by atoms with Crippen LogP contribution in [0.1, 0.15) is 19.4 Å². The highest BCUT2D eigenvalue weighted by atomic mass is 19.4. The third-order valence-electron chi connectivity index (χ3n) is 3.35. The molecule has 27 heavy (non-hydrogen) atoms. The summed E-state index contributed by atoms with van der Waals surface area (Å²) in [5, 5.41) is 0. The average molecular weight is 380 g/mol. The van der Waals surface area contributed by atoms with Gasteiger partial charge in [0.15, 0.2) is 0 Å². The number of rotatable bonds is 7. The van der Waals surface area contributed by atoms with Crippen LogP contribution in [0, 0.1) is 0 Å². The quantitative estimate of drug-likeness (QED) is 0.478. The summed E-state index contributed by atoms with van der Waals surface area (Å²) in [5.41, 5.74) is -0.733. The van der Waals surface area contributed by atoms with Gasteiger partial charge in [-0.1, -0.05) is 0 Å². The summed E-state index contributed by atoms with van der Waals surface area (Å²) in [6.45, 7) is 3.79. The number of benzene rings is 2. The first-order valence-electron chi connectivity index (χ1n) is 8.24. The Morgan fingerprint density at radius 1 is 1.00 bits per heavy atom. The number of halogens is 3. The van der Waals surface area contributed by atoms with Crippen molar-refractivity contribution < 1.29 is 32.2 Å². The fraction of sp³-hybridized carbons (Fsp3) is 0.250. The lowest BCUT2D eigenvalue weighted by Gasteiger charge is -2.12. The monoisotopic (exact) mass is 380 g/mol. The molecule has 7 heteroatoms. The van der Waals surface area contributed by atoms with E-state index in [0.29, 0.717) is 23.9 Å². The van der Waals surface area contributed by atoms with Crippen LogP contribution in [-0.2, 0) is 15.7 Å². The molecule has 2 rings (SSSR count). The fourth-order valence-electron chi connectivity index (χ4n) is 2.09. The molecule has 2 aromatic carbocycles. The van der Waals surface area contributed by atoms with Crippen molar-refractivity contribution in [2.45, 2.75) is 26.1 Å². The summed E-state index contributed by atoms with van der Waals surface area (Å²) in [5.74, 6) is 0.864. The number of carbonyl (C=O) groups is 1. The Morgan fingerprint density at radius 2 is 1.52 bits per heavy atom.